The van der Waals surface area contributed by atoms with Gasteiger partial charge in [-0.2, -0.15) is 5.26 Å². The summed E-state index contributed by atoms with van der Waals surface area (Å²) in [4.78, 5) is 4.52. The molecule has 2 atom stereocenters. The minimum absolute atomic E-state index is 0.257. The second-order valence-electron chi connectivity index (χ2n) is 5.55. The van der Waals surface area contributed by atoms with E-state index >= 15 is 0 Å². The summed E-state index contributed by atoms with van der Waals surface area (Å²) in [6.07, 6.45) is 6.48. The summed E-state index contributed by atoms with van der Waals surface area (Å²) in [7, 11) is 0. The lowest BCUT2D eigenvalue weighted by Gasteiger charge is -2.24. The Balaban J connectivity index is 2.15. The van der Waals surface area contributed by atoms with Gasteiger partial charge in [-0.25, -0.2) is 4.39 Å². The Morgan fingerprint density at radius 2 is 2.29 bits per heavy atom. The maximum Gasteiger partial charge on any atom is 0.151 e. The van der Waals surface area contributed by atoms with Gasteiger partial charge in [-0.1, -0.05) is 18.1 Å². The number of hydrogen-bond acceptors (Lipinski definition) is 4. The normalized spacial score (nSPS) is 14.0. The van der Waals surface area contributed by atoms with E-state index in [-0.39, 0.29) is 4.99 Å². The first-order valence-electron chi connectivity index (χ1n) is 7.23. The second-order valence-corrected chi connectivity index (χ2v) is 5.99. The fourth-order valence-electron chi connectivity index (χ4n) is 1.98. The van der Waals surface area contributed by atoms with E-state index in [9.17, 15) is 4.39 Å². The van der Waals surface area contributed by atoms with Crippen LogP contribution in [0.2, 0.25) is 0 Å². The van der Waals surface area contributed by atoms with Crippen LogP contribution >= 0.6 is 12.2 Å². The van der Waals surface area contributed by atoms with Crippen LogP contribution in [0.15, 0.2) is 30.5 Å². The van der Waals surface area contributed by atoms with E-state index in [0.717, 1.165) is 10.9 Å². The molecule has 4 nitrogen and oxygen atoms in total. The molecule has 1 N–H and O–H groups in total. The van der Waals surface area contributed by atoms with E-state index in [0.29, 0.717) is 11.3 Å². The summed E-state index contributed by atoms with van der Waals surface area (Å²) in [5.74, 6) is 3.11. The van der Waals surface area contributed by atoms with Crippen molar-refractivity contribution in [1.82, 2.24) is 10.3 Å². The Morgan fingerprint density at radius 1 is 1.54 bits per heavy atom. The molecule has 1 aromatic carbocycles. The maximum absolute atomic E-state index is 12.9. The molecule has 0 aliphatic heterocycles. The lowest BCUT2D eigenvalue weighted by Crippen LogP contribution is -2.50. The van der Waals surface area contributed by atoms with Crippen LogP contribution < -0.4 is 10.1 Å². The van der Waals surface area contributed by atoms with Gasteiger partial charge in [0.25, 0.3) is 0 Å². The number of hydrogen-bond donors (Lipinski definition) is 1. The molecule has 0 aliphatic rings. The molecule has 0 fully saturated rings. The van der Waals surface area contributed by atoms with E-state index in [4.69, 9.17) is 28.6 Å². The predicted octanol–water partition coefficient (Wildman–Crippen LogP) is 3.15. The Hall–Kier alpha value is -2.70. The highest BCUT2D eigenvalue weighted by molar-refractivity contribution is 7.80. The van der Waals surface area contributed by atoms with Gasteiger partial charge >= 0.3 is 0 Å². The van der Waals surface area contributed by atoms with Crippen molar-refractivity contribution in [1.29, 1.82) is 5.26 Å². The van der Waals surface area contributed by atoms with Crippen LogP contribution in [0.4, 0.5) is 4.39 Å². The molecule has 0 amide bonds. The van der Waals surface area contributed by atoms with Gasteiger partial charge in [-0.3, -0.25) is 4.98 Å². The maximum atomic E-state index is 12.9. The third-order valence-electron chi connectivity index (χ3n) is 3.41. The van der Waals surface area contributed by atoms with Crippen LogP contribution in [0.1, 0.15) is 19.4 Å². The molecule has 2 aromatic rings. The van der Waals surface area contributed by atoms with Crippen molar-refractivity contribution in [3.05, 3.63) is 36.0 Å². The number of nitrogens with zero attached hydrogens (tertiary/aromatic N) is 2. The van der Waals surface area contributed by atoms with Gasteiger partial charge in [-0.15, -0.1) is 6.42 Å². The number of benzene rings is 1. The molecule has 1 heterocycles. The fourth-order valence-corrected chi connectivity index (χ4v) is 2.26. The fraction of sp³-hybridized carbons (Fsp3) is 0.278. The van der Waals surface area contributed by atoms with E-state index in [1.807, 2.05) is 18.2 Å². The van der Waals surface area contributed by atoms with Crippen LogP contribution in [-0.2, 0) is 0 Å². The zero-order chi connectivity index (χ0) is 17.7. The minimum atomic E-state index is -1.36. The van der Waals surface area contributed by atoms with Crippen LogP contribution in [0.3, 0.4) is 0 Å². The lowest BCUT2D eigenvalue weighted by atomic mass is 10.1. The Labute approximate surface area is 145 Å². The van der Waals surface area contributed by atoms with Gasteiger partial charge in [-0.05, 0) is 38.1 Å². The molecule has 6 heteroatoms. The second kappa shape index (κ2) is 7.25. The number of terminal acetylenes is 1. The van der Waals surface area contributed by atoms with Gasteiger partial charge < -0.3 is 10.1 Å². The third kappa shape index (κ3) is 3.98. The number of rotatable bonds is 5. The number of pyridine rings is 1. The molecule has 0 radical (unpaired) electrons. The highest BCUT2D eigenvalue weighted by Gasteiger charge is 2.26. The molecule has 122 valence electrons. The number of thiocarbonyl (C=S) groups is 1. The molecule has 0 bridgehead atoms. The SMILES string of the molecule is C#Cc1cnc2ccc(OC(C)C(=S)NC(C)(C#N)CF)cc2c1. The van der Waals surface area contributed by atoms with Crippen molar-refractivity contribution >= 4 is 28.1 Å². The van der Waals surface area contributed by atoms with Crippen molar-refractivity contribution in [3.8, 4) is 24.2 Å². The largest absolute Gasteiger partial charge is 0.484 e. The Morgan fingerprint density at radius 3 is 2.92 bits per heavy atom. The third-order valence-corrected chi connectivity index (χ3v) is 3.85. The number of fused-ring (bicyclic) bond motifs is 1. The van der Waals surface area contributed by atoms with Crippen molar-refractivity contribution in [2.75, 3.05) is 6.67 Å². The van der Waals surface area contributed by atoms with Gasteiger partial charge in [0.2, 0.25) is 0 Å². The van der Waals surface area contributed by atoms with Crippen molar-refractivity contribution in [2.24, 2.45) is 0 Å². The van der Waals surface area contributed by atoms with Crippen LogP contribution in [0, 0.1) is 23.7 Å². The molecule has 0 saturated carbocycles. The smallest absolute Gasteiger partial charge is 0.151 e. The number of nitriles is 1. The molecule has 0 spiro atoms. The van der Waals surface area contributed by atoms with Crippen LogP contribution in [-0.4, -0.2) is 28.3 Å². The number of nitrogens with one attached hydrogen (secondary N) is 1. The average molecular weight is 341 g/mol. The van der Waals surface area contributed by atoms with Crippen molar-refractivity contribution < 1.29 is 9.13 Å². The molecule has 2 unspecified atom stereocenters. The number of ether oxygens (including phenoxy) is 1. The van der Waals surface area contributed by atoms with E-state index in [1.165, 1.54) is 6.92 Å². The minimum Gasteiger partial charge on any atom is -0.484 e. The van der Waals surface area contributed by atoms with Gasteiger partial charge in [0.1, 0.15) is 23.5 Å². The molecule has 2 rings (SSSR count). The first-order chi connectivity index (χ1) is 11.4. The molecular formula is C18H16FN3OS. The standard InChI is InChI=1S/C18H16FN3OS/c1-4-13-7-14-8-15(5-6-16(14)21-9-13)23-12(2)17(24)22-18(3,10-19)11-20/h1,5-9,12H,10H2,2-3H3,(H,22,24). The lowest BCUT2D eigenvalue weighted by molar-refractivity contribution is 0.278. The Kier molecular flexibility index (Phi) is 5.33. The number of alkyl halides is 1. The van der Waals surface area contributed by atoms with Crippen LogP contribution in [0.25, 0.3) is 10.9 Å². The highest BCUT2D eigenvalue weighted by atomic mass is 32.1. The average Bonchev–Trinajstić information content (AvgIpc) is 2.60. The van der Waals surface area contributed by atoms with E-state index in [2.05, 4.69) is 16.2 Å². The zero-order valence-electron chi connectivity index (χ0n) is 13.3. The quantitative estimate of drug-likeness (QED) is 0.669. The molecule has 0 aliphatic carbocycles. The summed E-state index contributed by atoms with van der Waals surface area (Å²) in [6.45, 7) is 2.31. The van der Waals surface area contributed by atoms with Gasteiger partial charge in [0.15, 0.2) is 5.54 Å². The van der Waals surface area contributed by atoms with Gasteiger partial charge in [0.05, 0.1) is 11.6 Å². The van der Waals surface area contributed by atoms with E-state index < -0.39 is 18.3 Å². The molecule has 0 saturated heterocycles. The molecular weight excluding hydrogens is 325 g/mol. The summed E-state index contributed by atoms with van der Waals surface area (Å²) in [5, 5.41) is 12.5. The van der Waals surface area contributed by atoms with Crippen LogP contribution in [0.5, 0.6) is 5.75 Å². The first kappa shape index (κ1) is 17.7. The predicted molar refractivity (Wildman–Crippen MR) is 95.5 cm³/mol. The van der Waals surface area contributed by atoms with E-state index in [1.54, 1.807) is 25.3 Å². The van der Waals surface area contributed by atoms with Gasteiger partial charge in [0, 0.05) is 17.1 Å². The number of aromatic nitrogens is 1. The highest BCUT2D eigenvalue weighted by Crippen LogP contribution is 2.21. The summed E-state index contributed by atoms with van der Waals surface area (Å²) >= 11 is 5.20. The van der Waals surface area contributed by atoms with Crippen molar-refractivity contribution in [2.45, 2.75) is 25.5 Å². The topological polar surface area (TPSA) is 57.9 Å². The monoisotopic (exact) mass is 341 g/mol. The number of halogens is 1. The Bertz CT molecular complexity index is 855. The molecule has 24 heavy (non-hydrogen) atoms. The first-order valence-corrected chi connectivity index (χ1v) is 7.64. The zero-order valence-corrected chi connectivity index (χ0v) is 14.2. The summed E-state index contributed by atoms with van der Waals surface area (Å²) in [5.41, 5.74) is 0.116. The molecule has 1 aromatic heterocycles. The summed E-state index contributed by atoms with van der Waals surface area (Å²) < 4.78 is 18.7. The summed E-state index contributed by atoms with van der Waals surface area (Å²) in [6, 6.07) is 9.09. The van der Waals surface area contributed by atoms with Crippen molar-refractivity contribution in [3.63, 3.8) is 0 Å².